The van der Waals surface area contributed by atoms with E-state index in [1.54, 1.807) is 13.0 Å². The molecule has 36 heavy (non-hydrogen) atoms. The van der Waals surface area contributed by atoms with Gasteiger partial charge in [-0.05, 0) is 64.5 Å². The summed E-state index contributed by atoms with van der Waals surface area (Å²) >= 11 is 0. The van der Waals surface area contributed by atoms with Gasteiger partial charge in [0.05, 0.1) is 24.9 Å². The molecule has 1 aliphatic heterocycles. The van der Waals surface area contributed by atoms with Crippen molar-refractivity contribution in [2.75, 3.05) is 13.2 Å². The number of aliphatic carboxylic acids is 1. The van der Waals surface area contributed by atoms with Gasteiger partial charge in [0.1, 0.15) is 24.4 Å². The highest BCUT2D eigenvalue weighted by atomic mass is 16.7. The number of rotatable bonds is 15. The molecule has 0 aliphatic carbocycles. The SMILES string of the molecule is C=CC(C)(CC/C=C(\CO)CC/C=C(\C)CC(O)/C=C(\C)C(=O)O)OC1OC(CO)C(O)C(O)C1O. The van der Waals surface area contributed by atoms with Crippen LogP contribution in [0.4, 0.5) is 0 Å². The van der Waals surface area contributed by atoms with Gasteiger partial charge in [-0.1, -0.05) is 23.8 Å². The minimum absolute atomic E-state index is 0.0860. The second-order valence-electron chi connectivity index (χ2n) is 9.41. The first-order chi connectivity index (χ1) is 16.9. The number of aliphatic hydroxyl groups is 6. The molecule has 0 bridgehead atoms. The van der Waals surface area contributed by atoms with Crippen molar-refractivity contribution in [2.45, 2.75) is 95.3 Å². The molecule has 0 spiro atoms. The minimum atomic E-state index is -1.54. The molecule has 7 atom stereocenters. The maximum absolute atomic E-state index is 10.8. The Bertz CT molecular complexity index is 803. The van der Waals surface area contributed by atoms with E-state index < -0.39 is 55.0 Å². The monoisotopic (exact) mass is 514 g/mol. The lowest BCUT2D eigenvalue weighted by Crippen LogP contribution is -2.60. The Morgan fingerprint density at radius 2 is 1.78 bits per heavy atom. The molecule has 7 N–H and O–H groups in total. The van der Waals surface area contributed by atoms with E-state index in [1.165, 1.54) is 13.0 Å². The average molecular weight is 515 g/mol. The van der Waals surface area contributed by atoms with E-state index in [4.69, 9.17) is 14.6 Å². The maximum Gasteiger partial charge on any atom is 0.331 e. The smallest absolute Gasteiger partial charge is 0.331 e. The van der Waals surface area contributed by atoms with Crippen molar-refractivity contribution in [3.05, 3.63) is 47.6 Å². The molecule has 0 aromatic rings. The Balaban J connectivity index is 2.65. The molecule has 10 heteroatoms. The van der Waals surface area contributed by atoms with Crippen LogP contribution in [-0.4, -0.2) is 97.3 Å². The highest BCUT2D eigenvalue weighted by Gasteiger charge is 2.45. The van der Waals surface area contributed by atoms with Gasteiger partial charge < -0.3 is 45.2 Å². The third kappa shape index (κ3) is 10.2. The summed E-state index contributed by atoms with van der Waals surface area (Å²) in [5.74, 6) is -1.07. The van der Waals surface area contributed by atoms with Gasteiger partial charge in [0.25, 0.3) is 0 Å². The third-order valence-electron chi connectivity index (χ3n) is 6.21. The van der Waals surface area contributed by atoms with E-state index in [1.807, 2.05) is 19.1 Å². The number of ether oxygens (including phenoxy) is 2. The van der Waals surface area contributed by atoms with Crippen molar-refractivity contribution in [3.8, 4) is 0 Å². The molecule has 0 saturated carbocycles. The summed E-state index contributed by atoms with van der Waals surface area (Å²) < 4.78 is 11.3. The van der Waals surface area contributed by atoms with Crippen LogP contribution in [0.1, 0.15) is 52.9 Å². The van der Waals surface area contributed by atoms with E-state index >= 15 is 0 Å². The van der Waals surface area contributed by atoms with Gasteiger partial charge >= 0.3 is 5.97 Å². The van der Waals surface area contributed by atoms with Crippen LogP contribution in [-0.2, 0) is 14.3 Å². The van der Waals surface area contributed by atoms with Crippen molar-refractivity contribution in [1.29, 1.82) is 0 Å². The molecule has 1 rings (SSSR count). The van der Waals surface area contributed by atoms with Crippen LogP contribution in [0.3, 0.4) is 0 Å². The zero-order valence-electron chi connectivity index (χ0n) is 21.3. The lowest BCUT2D eigenvalue weighted by atomic mass is 9.96. The number of carboxylic acid groups (broad SMARTS) is 1. The van der Waals surface area contributed by atoms with Gasteiger partial charge in [-0.25, -0.2) is 4.79 Å². The second-order valence-corrected chi connectivity index (χ2v) is 9.41. The number of hydrogen-bond donors (Lipinski definition) is 7. The fraction of sp³-hybridized carbons (Fsp3) is 0.654. The highest BCUT2D eigenvalue weighted by molar-refractivity contribution is 5.85. The topological polar surface area (TPSA) is 177 Å². The molecule has 1 saturated heterocycles. The van der Waals surface area contributed by atoms with Crippen molar-refractivity contribution in [2.24, 2.45) is 0 Å². The predicted octanol–water partition coefficient (Wildman–Crippen LogP) is 0.955. The molecule has 206 valence electrons. The van der Waals surface area contributed by atoms with Crippen LogP contribution < -0.4 is 0 Å². The van der Waals surface area contributed by atoms with Crippen molar-refractivity contribution in [1.82, 2.24) is 0 Å². The Morgan fingerprint density at radius 3 is 2.33 bits per heavy atom. The summed E-state index contributed by atoms with van der Waals surface area (Å²) in [6.45, 7) is 8.10. The van der Waals surface area contributed by atoms with Crippen LogP contribution in [0.15, 0.2) is 47.6 Å². The van der Waals surface area contributed by atoms with Crippen LogP contribution in [0, 0.1) is 0 Å². The molecule has 10 nitrogen and oxygen atoms in total. The van der Waals surface area contributed by atoms with Gasteiger partial charge in [-0.3, -0.25) is 0 Å². The quantitative estimate of drug-likeness (QED) is 0.123. The fourth-order valence-electron chi connectivity index (χ4n) is 3.78. The van der Waals surface area contributed by atoms with Crippen molar-refractivity contribution >= 4 is 5.97 Å². The van der Waals surface area contributed by atoms with Gasteiger partial charge in [-0.15, -0.1) is 6.58 Å². The summed E-state index contributed by atoms with van der Waals surface area (Å²) in [6.07, 6.45) is 1.39. The molecular weight excluding hydrogens is 472 g/mol. The maximum atomic E-state index is 10.8. The Morgan fingerprint density at radius 1 is 1.11 bits per heavy atom. The molecule has 0 aromatic heterocycles. The summed E-state index contributed by atoms with van der Waals surface area (Å²) in [6, 6.07) is 0. The molecule has 7 unspecified atom stereocenters. The highest BCUT2D eigenvalue weighted by Crippen LogP contribution is 2.29. The molecular formula is C26H42O10. The summed E-state index contributed by atoms with van der Waals surface area (Å²) in [4.78, 5) is 10.8. The largest absolute Gasteiger partial charge is 0.478 e. The number of allylic oxidation sites excluding steroid dienone is 2. The molecule has 0 aromatic carbocycles. The van der Waals surface area contributed by atoms with Crippen LogP contribution in [0.25, 0.3) is 0 Å². The van der Waals surface area contributed by atoms with Gasteiger partial charge in [0.2, 0.25) is 0 Å². The fourth-order valence-corrected chi connectivity index (χ4v) is 3.78. The van der Waals surface area contributed by atoms with Gasteiger partial charge in [0, 0.05) is 5.57 Å². The first-order valence-corrected chi connectivity index (χ1v) is 12.0. The van der Waals surface area contributed by atoms with E-state index in [-0.39, 0.29) is 12.2 Å². The Kier molecular flexibility index (Phi) is 13.7. The molecule has 1 fully saturated rings. The van der Waals surface area contributed by atoms with Crippen molar-refractivity contribution in [3.63, 3.8) is 0 Å². The van der Waals surface area contributed by atoms with Crippen LogP contribution in [0.5, 0.6) is 0 Å². The average Bonchev–Trinajstić information content (AvgIpc) is 2.83. The first kappa shape index (κ1) is 32.1. The summed E-state index contributed by atoms with van der Waals surface area (Å²) in [7, 11) is 0. The van der Waals surface area contributed by atoms with E-state index in [9.17, 15) is 35.4 Å². The zero-order chi connectivity index (χ0) is 27.5. The molecule has 1 aliphatic rings. The lowest BCUT2D eigenvalue weighted by Gasteiger charge is -2.42. The standard InChI is InChI=1S/C26H42O10/c1-5-26(4,36-25-23(32)22(31)21(30)20(15-28)35-25)11-7-10-18(14-27)9-6-8-16(2)12-19(29)13-17(3)24(33)34/h5,8,10,13,19-23,25,27-32H,1,6-7,9,11-12,14-15H2,2-4H3,(H,33,34)/b16-8+,17-13+,18-10-. The minimum Gasteiger partial charge on any atom is -0.478 e. The third-order valence-corrected chi connectivity index (χ3v) is 6.21. The van der Waals surface area contributed by atoms with E-state index in [0.29, 0.717) is 32.1 Å². The number of carboxylic acids is 1. The van der Waals surface area contributed by atoms with E-state index in [0.717, 1.165) is 11.1 Å². The first-order valence-electron chi connectivity index (χ1n) is 12.0. The van der Waals surface area contributed by atoms with E-state index in [2.05, 4.69) is 6.58 Å². The van der Waals surface area contributed by atoms with Gasteiger partial charge in [-0.2, -0.15) is 0 Å². The summed E-state index contributed by atoms with van der Waals surface area (Å²) in [5, 5.41) is 68.0. The lowest BCUT2D eigenvalue weighted by molar-refractivity contribution is -0.319. The predicted molar refractivity (Wildman–Crippen MR) is 133 cm³/mol. The zero-order valence-corrected chi connectivity index (χ0v) is 21.3. The molecule has 0 radical (unpaired) electrons. The van der Waals surface area contributed by atoms with Gasteiger partial charge in [0.15, 0.2) is 6.29 Å². The van der Waals surface area contributed by atoms with Crippen LogP contribution >= 0.6 is 0 Å². The Hall–Kier alpha value is -1.89. The second kappa shape index (κ2) is 15.4. The normalized spacial score (nSPS) is 28.5. The number of aliphatic hydroxyl groups excluding tert-OH is 6. The summed E-state index contributed by atoms with van der Waals surface area (Å²) in [5.41, 5.74) is 0.837. The molecule has 0 amide bonds. The molecule has 1 heterocycles. The van der Waals surface area contributed by atoms with Crippen LogP contribution in [0.2, 0.25) is 0 Å². The Labute approximate surface area is 212 Å². The van der Waals surface area contributed by atoms with Crippen molar-refractivity contribution < 1.29 is 50.0 Å². The number of hydrogen-bond acceptors (Lipinski definition) is 9. The number of carbonyl (C=O) groups is 1.